The molecule has 3 heterocycles. The van der Waals surface area contributed by atoms with Crippen LogP contribution in [0.25, 0.3) is 0 Å². The maximum absolute atomic E-state index is 15.6. The molecule has 0 saturated carbocycles. The number of hydrogen-bond donors (Lipinski definition) is 1. The number of benzene rings is 3. The van der Waals surface area contributed by atoms with E-state index in [2.05, 4.69) is 15.2 Å². The quantitative estimate of drug-likeness (QED) is 0.190. The van der Waals surface area contributed by atoms with Crippen molar-refractivity contribution in [2.75, 3.05) is 16.7 Å². The second-order valence-corrected chi connectivity index (χ2v) is 13.8. The fourth-order valence-electron chi connectivity index (χ4n) is 6.38. The second-order valence-electron chi connectivity index (χ2n) is 11.3. The topological polar surface area (TPSA) is 74.8 Å². The normalized spacial score (nSPS) is 18.1. The van der Waals surface area contributed by atoms with E-state index in [4.69, 9.17) is 4.74 Å². The summed E-state index contributed by atoms with van der Waals surface area (Å²) in [4.78, 5) is 5.46. The highest BCUT2D eigenvalue weighted by Gasteiger charge is 2.39. The molecule has 6 rings (SSSR count). The van der Waals surface area contributed by atoms with Crippen LogP contribution in [-0.4, -0.2) is 37.5 Å². The molecule has 0 radical (unpaired) electrons. The summed E-state index contributed by atoms with van der Waals surface area (Å²) in [6, 6.07) is 12.7. The molecule has 2 saturated heterocycles. The fourth-order valence-corrected chi connectivity index (χ4v) is 8.48. The van der Waals surface area contributed by atoms with Gasteiger partial charge >= 0.3 is 0 Å². The number of hydrogen-bond acceptors (Lipinski definition) is 7. The van der Waals surface area contributed by atoms with Crippen LogP contribution in [0, 0.1) is 24.4 Å². The van der Waals surface area contributed by atoms with Crippen LogP contribution < -0.4 is 14.4 Å². The molecule has 12 heteroatoms. The van der Waals surface area contributed by atoms with Crippen LogP contribution in [0.3, 0.4) is 0 Å². The van der Waals surface area contributed by atoms with Gasteiger partial charge in [-0.25, -0.2) is 30.9 Å². The van der Waals surface area contributed by atoms with Crippen molar-refractivity contribution >= 4 is 32.9 Å². The minimum Gasteiger partial charge on any atom is -0.497 e. The average Bonchev–Trinajstić information content (AvgIpc) is 3.76. The van der Waals surface area contributed by atoms with E-state index >= 15 is 13.2 Å². The molecule has 7 nitrogen and oxygen atoms in total. The van der Waals surface area contributed by atoms with Crippen molar-refractivity contribution in [1.29, 1.82) is 0 Å². The van der Waals surface area contributed by atoms with Gasteiger partial charge in [0.2, 0.25) is 0 Å². The van der Waals surface area contributed by atoms with Gasteiger partial charge in [0.15, 0.2) is 10.7 Å². The van der Waals surface area contributed by atoms with Crippen LogP contribution in [0.4, 0.5) is 24.7 Å². The summed E-state index contributed by atoms with van der Waals surface area (Å²) >= 11 is 1.16. The standard InChI is InChI=1S/C32H33F3N4O3S2/c1-20-3-12-28(33)26(27(20)17-38-23-6-7-24(38)9-8-23)15-36-22-13-29(34)32(30(35)14-22)44(40,41)39(31-18-43-19-37-31)16-21-4-10-25(42-2)11-5-21/h3-5,10-14,18-19,23-24,36H,6-9,15-17H2,1-2H3. The Morgan fingerprint density at radius 1 is 0.977 bits per heavy atom. The summed E-state index contributed by atoms with van der Waals surface area (Å²) in [6.45, 7) is 2.34. The second kappa shape index (κ2) is 12.4. The number of nitrogens with one attached hydrogen (secondary N) is 1. The maximum atomic E-state index is 15.6. The summed E-state index contributed by atoms with van der Waals surface area (Å²) in [5.41, 5.74) is 4.27. The Kier molecular flexibility index (Phi) is 8.58. The molecule has 1 N–H and O–H groups in total. The lowest BCUT2D eigenvalue weighted by atomic mass is 10.00. The molecular weight excluding hydrogens is 610 g/mol. The highest BCUT2D eigenvalue weighted by molar-refractivity contribution is 7.92. The number of aryl methyl sites for hydroxylation is 1. The first kappa shape index (κ1) is 30.4. The zero-order valence-corrected chi connectivity index (χ0v) is 26.0. The molecule has 0 atom stereocenters. The van der Waals surface area contributed by atoms with Crippen molar-refractivity contribution in [2.45, 2.75) is 69.2 Å². The lowest BCUT2D eigenvalue weighted by molar-refractivity contribution is 0.242. The number of aromatic nitrogens is 1. The molecule has 3 aromatic carbocycles. The number of nitrogens with zero attached hydrogens (tertiary/aromatic N) is 3. The van der Waals surface area contributed by atoms with E-state index in [9.17, 15) is 8.42 Å². The number of methoxy groups -OCH3 is 1. The molecule has 0 amide bonds. The lowest BCUT2D eigenvalue weighted by Crippen LogP contribution is -2.32. The number of anilines is 2. The molecule has 1 aromatic heterocycles. The summed E-state index contributed by atoms with van der Waals surface area (Å²) < 4.78 is 79.8. The molecule has 2 fully saturated rings. The van der Waals surface area contributed by atoms with E-state index in [1.54, 1.807) is 30.3 Å². The third-order valence-corrected chi connectivity index (χ3v) is 11.1. The lowest BCUT2D eigenvalue weighted by Gasteiger charge is -2.25. The number of fused-ring (bicyclic) bond motifs is 2. The highest BCUT2D eigenvalue weighted by Crippen LogP contribution is 2.39. The first-order valence-corrected chi connectivity index (χ1v) is 16.8. The molecule has 0 aliphatic carbocycles. The molecule has 2 bridgehead atoms. The van der Waals surface area contributed by atoms with E-state index in [1.165, 1.54) is 24.1 Å². The summed E-state index contributed by atoms with van der Waals surface area (Å²) in [5.74, 6) is -2.30. The van der Waals surface area contributed by atoms with Crippen LogP contribution in [0.5, 0.6) is 5.75 Å². The van der Waals surface area contributed by atoms with Crippen molar-refractivity contribution in [3.63, 3.8) is 0 Å². The van der Waals surface area contributed by atoms with Gasteiger partial charge in [-0.15, -0.1) is 11.3 Å². The van der Waals surface area contributed by atoms with Crippen LogP contribution in [0.15, 0.2) is 64.3 Å². The van der Waals surface area contributed by atoms with Gasteiger partial charge < -0.3 is 10.1 Å². The summed E-state index contributed by atoms with van der Waals surface area (Å²) in [7, 11) is -3.20. The third-order valence-electron chi connectivity index (χ3n) is 8.73. The first-order valence-electron chi connectivity index (χ1n) is 14.4. The summed E-state index contributed by atoms with van der Waals surface area (Å²) in [6.07, 6.45) is 4.61. The number of rotatable bonds is 11. The molecule has 4 aromatic rings. The minimum atomic E-state index is -4.72. The van der Waals surface area contributed by atoms with Gasteiger partial charge in [-0.3, -0.25) is 4.90 Å². The molecule has 232 valence electrons. The zero-order chi connectivity index (χ0) is 31.0. The zero-order valence-electron chi connectivity index (χ0n) is 24.4. The molecule has 0 unspecified atom stereocenters. The Morgan fingerprint density at radius 2 is 1.64 bits per heavy atom. The van der Waals surface area contributed by atoms with E-state index in [0.717, 1.165) is 64.6 Å². The Morgan fingerprint density at radius 3 is 2.23 bits per heavy atom. The Hall–Kier alpha value is -3.61. The highest BCUT2D eigenvalue weighted by atomic mass is 32.2. The Balaban J connectivity index is 1.26. The van der Waals surface area contributed by atoms with Gasteiger partial charge in [0.25, 0.3) is 10.0 Å². The van der Waals surface area contributed by atoms with Crippen LogP contribution in [0.2, 0.25) is 0 Å². The Bertz CT molecular complexity index is 1710. The molecule has 2 aliphatic heterocycles. The molecular formula is C32H33F3N4O3S2. The van der Waals surface area contributed by atoms with Crippen molar-refractivity contribution in [1.82, 2.24) is 9.88 Å². The van der Waals surface area contributed by atoms with E-state index < -0.39 is 32.4 Å². The largest absolute Gasteiger partial charge is 0.497 e. The van der Waals surface area contributed by atoms with Crippen molar-refractivity contribution in [2.24, 2.45) is 0 Å². The predicted molar refractivity (Wildman–Crippen MR) is 165 cm³/mol. The van der Waals surface area contributed by atoms with Crippen LogP contribution >= 0.6 is 11.3 Å². The maximum Gasteiger partial charge on any atom is 0.271 e. The number of halogens is 3. The van der Waals surface area contributed by atoms with Crippen LogP contribution in [-0.2, 0) is 29.7 Å². The van der Waals surface area contributed by atoms with Gasteiger partial charge in [-0.1, -0.05) is 18.2 Å². The van der Waals surface area contributed by atoms with Gasteiger partial charge in [0, 0.05) is 41.8 Å². The van der Waals surface area contributed by atoms with E-state index in [0.29, 0.717) is 35.5 Å². The number of sulfonamides is 1. The first-order chi connectivity index (χ1) is 21.2. The van der Waals surface area contributed by atoms with Gasteiger partial charge in [-0.2, -0.15) is 0 Å². The molecule has 2 aliphatic rings. The van der Waals surface area contributed by atoms with E-state index in [-0.39, 0.29) is 24.6 Å². The fraction of sp³-hybridized carbons (Fsp3) is 0.344. The van der Waals surface area contributed by atoms with E-state index in [1.807, 2.05) is 6.92 Å². The monoisotopic (exact) mass is 642 g/mol. The minimum absolute atomic E-state index is 0.00223. The van der Waals surface area contributed by atoms with Gasteiger partial charge in [-0.05, 0) is 79.6 Å². The molecule has 44 heavy (non-hydrogen) atoms. The SMILES string of the molecule is COc1ccc(CN(c2cscn2)S(=O)(=O)c2c(F)cc(NCc3c(F)ccc(C)c3CN3C4CCC3CC4)cc2F)cc1. The van der Waals surface area contributed by atoms with Crippen molar-refractivity contribution in [3.8, 4) is 5.75 Å². The van der Waals surface area contributed by atoms with Gasteiger partial charge in [0.05, 0.1) is 19.2 Å². The van der Waals surface area contributed by atoms with Crippen LogP contribution in [0.1, 0.15) is 47.9 Å². The number of ether oxygens (including phenoxy) is 1. The average molecular weight is 643 g/mol. The molecule has 0 spiro atoms. The predicted octanol–water partition coefficient (Wildman–Crippen LogP) is 7.01. The van der Waals surface area contributed by atoms with Crippen molar-refractivity contribution < 1.29 is 26.3 Å². The van der Waals surface area contributed by atoms with Gasteiger partial charge in [0.1, 0.15) is 23.2 Å². The summed E-state index contributed by atoms with van der Waals surface area (Å²) in [5, 5.41) is 4.43. The van der Waals surface area contributed by atoms with Crippen molar-refractivity contribution in [3.05, 3.63) is 99.1 Å². The Labute approximate surface area is 259 Å². The third kappa shape index (κ3) is 5.90. The number of thiazole rings is 1. The smallest absolute Gasteiger partial charge is 0.271 e.